The Morgan fingerprint density at radius 2 is 1.90 bits per heavy atom. The summed E-state index contributed by atoms with van der Waals surface area (Å²) in [4.78, 5) is 11.7. The average Bonchev–Trinajstić information content (AvgIpc) is 2.49. The van der Waals surface area contributed by atoms with Crippen LogP contribution < -0.4 is 5.32 Å². The third-order valence-corrected chi connectivity index (χ3v) is 4.20. The summed E-state index contributed by atoms with van der Waals surface area (Å²) in [5.41, 5.74) is 1.09. The van der Waals surface area contributed by atoms with Crippen molar-refractivity contribution in [3.05, 3.63) is 35.6 Å². The Balaban J connectivity index is 1.80. The highest BCUT2D eigenvalue weighted by atomic mass is 19.1. The predicted octanol–water partition coefficient (Wildman–Crippen LogP) is 3.60. The van der Waals surface area contributed by atoms with Gasteiger partial charge in [0.25, 0.3) is 0 Å². The van der Waals surface area contributed by atoms with E-state index in [0.29, 0.717) is 12.6 Å². The first-order chi connectivity index (χ1) is 10.1. The Morgan fingerprint density at radius 3 is 2.48 bits per heavy atom. The molecule has 1 aliphatic carbocycles. The van der Waals surface area contributed by atoms with Crippen molar-refractivity contribution in [1.82, 2.24) is 5.32 Å². The Bertz CT molecular complexity index is 452. The highest BCUT2D eigenvalue weighted by molar-refractivity contribution is 5.72. The summed E-state index contributed by atoms with van der Waals surface area (Å²) in [6.07, 6.45) is 3.73. The number of halogens is 1. The number of hydrogen-bond donors (Lipinski definition) is 1. The van der Waals surface area contributed by atoms with Crippen molar-refractivity contribution in [1.29, 1.82) is 0 Å². The molecule has 116 valence electrons. The molecule has 0 radical (unpaired) electrons. The molecule has 1 fully saturated rings. The van der Waals surface area contributed by atoms with Crippen LogP contribution in [0.25, 0.3) is 0 Å². The van der Waals surface area contributed by atoms with Crippen LogP contribution in [0.15, 0.2) is 24.3 Å². The molecule has 3 nitrogen and oxygen atoms in total. The summed E-state index contributed by atoms with van der Waals surface area (Å²) < 4.78 is 18.0. The Morgan fingerprint density at radius 1 is 1.29 bits per heavy atom. The van der Waals surface area contributed by atoms with Gasteiger partial charge in [-0.05, 0) is 57.2 Å². The lowest BCUT2D eigenvalue weighted by atomic mass is 9.85. The zero-order valence-electron chi connectivity index (χ0n) is 12.8. The molecule has 2 rings (SSSR count). The molecular formula is C17H24FNO2. The van der Waals surface area contributed by atoms with Gasteiger partial charge in [0, 0.05) is 12.1 Å². The van der Waals surface area contributed by atoms with Crippen molar-refractivity contribution < 1.29 is 13.9 Å². The molecule has 4 heteroatoms. The molecule has 1 aliphatic rings. The summed E-state index contributed by atoms with van der Waals surface area (Å²) in [6.45, 7) is 4.39. The average molecular weight is 293 g/mol. The topological polar surface area (TPSA) is 38.3 Å². The quantitative estimate of drug-likeness (QED) is 0.843. The van der Waals surface area contributed by atoms with Gasteiger partial charge in [-0.3, -0.25) is 4.79 Å². The van der Waals surface area contributed by atoms with Crippen molar-refractivity contribution in [2.75, 3.05) is 6.61 Å². The van der Waals surface area contributed by atoms with Crippen LogP contribution in [0, 0.1) is 11.7 Å². The normalized spacial score (nSPS) is 23.6. The molecule has 1 aromatic carbocycles. The van der Waals surface area contributed by atoms with E-state index in [-0.39, 0.29) is 23.7 Å². The Labute approximate surface area is 125 Å². The number of ether oxygens (including phenoxy) is 1. The third kappa shape index (κ3) is 4.53. The molecule has 0 spiro atoms. The lowest BCUT2D eigenvalue weighted by Gasteiger charge is -2.30. The molecule has 0 bridgehead atoms. The summed E-state index contributed by atoms with van der Waals surface area (Å²) in [6, 6.07) is 7.22. The van der Waals surface area contributed by atoms with Crippen molar-refractivity contribution >= 4 is 5.97 Å². The molecular weight excluding hydrogens is 269 g/mol. The van der Waals surface area contributed by atoms with Gasteiger partial charge < -0.3 is 10.1 Å². The van der Waals surface area contributed by atoms with Crippen molar-refractivity contribution in [3.63, 3.8) is 0 Å². The molecule has 1 atom stereocenters. The smallest absolute Gasteiger partial charge is 0.308 e. The van der Waals surface area contributed by atoms with Crippen LogP contribution >= 0.6 is 0 Å². The first-order valence-corrected chi connectivity index (χ1v) is 7.78. The van der Waals surface area contributed by atoms with E-state index < -0.39 is 0 Å². The van der Waals surface area contributed by atoms with E-state index >= 15 is 0 Å². The molecule has 0 aliphatic heterocycles. The van der Waals surface area contributed by atoms with E-state index in [1.54, 1.807) is 0 Å². The fourth-order valence-corrected chi connectivity index (χ4v) is 2.96. The minimum absolute atomic E-state index is 0.0532. The fourth-order valence-electron chi connectivity index (χ4n) is 2.96. The maximum atomic E-state index is 12.9. The van der Waals surface area contributed by atoms with Gasteiger partial charge in [-0.1, -0.05) is 12.1 Å². The van der Waals surface area contributed by atoms with E-state index in [1.807, 2.05) is 19.1 Å². The van der Waals surface area contributed by atoms with Gasteiger partial charge in [-0.25, -0.2) is 4.39 Å². The van der Waals surface area contributed by atoms with Crippen LogP contribution in [0.5, 0.6) is 0 Å². The molecule has 1 N–H and O–H groups in total. The first-order valence-electron chi connectivity index (χ1n) is 7.78. The standard InChI is InChI=1S/C17H24FNO2/c1-3-21-17(20)14-6-10-16(11-7-14)19-12(2)13-4-8-15(18)9-5-13/h4-5,8-9,12,14,16,19H,3,6-7,10-11H2,1-2H3. The van der Waals surface area contributed by atoms with Crippen LogP contribution in [-0.4, -0.2) is 18.6 Å². The first kappa shape index (κ1) is 16.0. The maximum absolute atomic E-state index is 12.9. The van der Waals surface area contributed by atoms with E-state index in [0.717, 1.165) is 31.2 Å². The zero-order valence-corrected chi connectivity index (χ0v) is 12.8. The van der Waals surface area contributed by atoms with Gasteiger partial charge in [0.2, 0.25) is 0 Å². The number of rotatable bonds is 5. The van der Waals surface area contributed by atoms with Gasteiger partial charge in [-0.15, -0.1) is 0 Å². The monoisotopic (exact) mass is 293 g/mol. The third-order valence-electron chi connectivity index (χ3n) is 4.20. The van der Waals surface area contributed by atoms with E-state index in [9.17, 15) is 9.18 Å². The SMILES string of the molecule is CCOC(=O)C1CCC(NC(C)c2ccc(F)cc2)CC1. The summed E-state index contributed by atoms with van der Waals surface area (Å²) in [7, 11) is 0. The lowest BCUT2D eigenvalue weighted by Crippen LogP contribution is -2.36. The van der Waals surface area contributed by atoms with Gasteiger partial charge >= 0.3 is 5.97 Å². The largest absolute Gasteiger partial charge is 0.466 e. The van der Waals surface area contributed by atoms with Crippen LogP contribution in [0.3, 0.4) is 0 Å². The van der Waals surface area contributed by atoms with Gasteiger partial charge in [0.05, 0.1) is 12.5 Å². The number of carbonyl (C=O) groups is 1. The van der Waals surface area contributed by atoms with Crippen LogP contribution in [-0.2, 0) is 9.53 Å². The predicted molar refractivity (Wildman–Crippen MR) is 80.3 cm³/mol. The maximum Gasteiger partial charge on any atom is 0.308 e. The molecule has 0 heterocycles. The molecule has 21 heavy (non-hydrogen) atoms. The Kier molecular flexibility index (Phi) is 5.74. The molecule has 0 amide bonds. The second-order valence-corrected chi connectivity index (χ2v) is 5.74. The van der Waals surface area contributed by atoms with Crippen molar-refractivity contribution in [2.45, 2.75) is 51.6 Å². The van der Waals surface area contributed by atoms with Gasteiger partial charge in [0.15, 0.2) is 0 Å². The van der Waals surface area contributed by atoms with Crippen molar-refractivity contribution in [2.24, 2.45) is 5.92 Å². The minimum Gasteiger partial charge on any atom is -0.466 e. The molecule has 0 saturated heterocycles. The van der Waals surface area contributed by atoms with Crippen LogP contribution in [0.1, 0.15) is 51.1 Å². The van der Waals surface area contributed by atoms with Gasteiger partial charge in [0.1, 0.15) is 5.82 Å². The number of carbonyl (C=O) groups excluding carboxylic acids is 1. The summed E-state index contributed by atoms with van der Waals surface area (Å²) in [5, 5.41) is 3.57. The van der Waals surface area contributed by atoms with E-state index in [4.69, 9.17) is 4.74 Å². The summed E-state index contributed by atoms with van der Waals surface area (Å²) >= 11 is 0. The Hall–Kier alpha value is -1.42. The number of hydrogen-bond acceptors (Lipinski definition) is 3. The fraction of sp³-hybridized carbons (Fsp3) is 0.588. The van der Waals surface area contributed by atoms with Crippen LogP contribution in [0.2, 0.25) is 0 Å². The van der Waals surface area contributed by atoms with E-state index in [2.05, 4.69) is 12.2 Å². The molecule has 1 saturated carbocycles. The van der Waals surface area contributed by atoms with E-state index in [1.165, 1.54) is 12.1 Å². The van der Waals surface area contributed by atoms with Crippen molar-refractivity contribution in [3.8, 4) is 0 Å². The lowest BCUT2D eigenvalue weighted by molar-refractivity contribution is -0.149. The zero-order chi connectivity index (χ0) is 15.2. The summed E-state index contributed by atoms with van der Waals surface area (Å²) in [5.74, 6) is -0.201. The number of benzene rings is 1. The van der Waals surface area contributed by atoms with Crippen LogP contribution in [0.4, 0.5) is 4.39 Å². The molecule has 0 aromatic heterocycles. The highest BCUT2D eigenvalue weighted by Crippen LogP contribution is 2.27. The number of nitrogens with one attached hydrogen (secondary N) is 1. The highest BCUT2D eigenvalue weighted by Gasteiger charge is 2.27. The minimum atomic E-state index is -0.208. The number of esters is 1. The van der Waals surface area contributed by atoms with Gasteiger partial charge in [-0.2, -0.15) is 0 Å². The second-order valence-electron chi connectivity index (χ2n) is 5.74. The second kappa shape index (κ2) is 7.55. The molecule has 1 unspecified atom stereocenters. The molecule has 1 aromatic rings.